The molecule has 9 rings (SSSR count). The summed E-state index contributed by atoms with van der Waals surface area (Å²) in [5.74, 6) is -5.63. The number of hydrogen-bond acceptors (Lipinski definition) is 16. The van der Waals surface area contributed by atoms with Crippen molar-refractivity contribution in [2.45, 2.75) is 189 Å². The summed E-state index contributed by atoms with van der Waals surface area (Å²) in [6.07, 6.45) is 4.98. The summed E-state index contributed by atoms with van der Waals surface area (Å²) in [6, 6.07) is 14.1. The number of likely N-dealkylation sites (N-methyl/N-ethyl adjacent to an activating group) is 2. The minimum atomic E-state index is -1.48. The van der Waals surface area contributed by atoms with E-state index in [1.54, 1.807) is 81.0 Å². The number of thiophene rings is 1. The van der Waals surface area contributed by atoms with Crippen LogP contribution in [-0.4, -0.2) is 179 Å². The molecule has 4 aromatic heterocycles. The average Bonchev–Trinajstić information content (AvgIpc) is 1.59. The number of fused-ring (bicyclic) bond motifs is 4. The number of halogens is 1. The largest absolute Gasteiger partial charge is 0.396 e. The van der Waals surface area contributed by atoms with Crippen molar-refractivity contribution in [1.82, 2.24) is 76.0 Å². The monoisotopic (exact) mass is 1450 g/mol. The number of aliphatic imine (C=N–C) groups is 1. The maximum absolute atomic E-state index is 15.6. The fourth-order valence-electron chi connectivity index (χ4n) is 13.3. The highest BCUT2D eigenvalue weighted by Crippen LogP contribution is 2.40. The van der Waals surface area contributed by atoms with E-state index >= 15 is 9.59 Å². The smallest absolute Gasteiger partial charge is 0.246 e. The number of carbonyl (C=O) groups is 8. The number of aromatic nitrogens is 7. The van der Waals surface area contributed by atoms with E-state index in [1.807, 2.05) is 90.8 Å². The van der Waals surface area contributed by atoms with Gasteiger partial charge in [0, 0.05) is 85.4 Å². The number of nitrogens with zero attached hydrogens (tertiary/aromatic N) is 10. The molecule has 1 fully saturated rings. The topological polar surface area (TPSA) is 323 Å². The van der Waals surface area contributed by atoms with E-state index in [1.165, 1.54) is 37.9 Å². The molecule has 0 saturated carbocycles. The standard InChI is InChI=1S/C75H99ClN16O10S/c1-41(2)33-58-70(97)81-62(42(3)4)71(98)80-56(73(100)88(12)59(34-44(7)40-93)69(96)78-46(9)68(95)83-65(66(102-14)50-23-17-15-18-24-50)72(99)82-63(43(5)6)74(101)89(58)13)35-51-37-90(57-26-20-19-25-54(51)57)38-53-39-91(87-85-53)32-22-16-21-31-77-60(94)36-55-67-86-84-48(11)92(67)75-61(45(8)47(10)103-75)64(79-55)49-27-29-52(76)30-28-49/h15,17-20,23-30,37,39,41-44,46,55-56,58-59,62-63,65-66,93H,16,21-22,31-36,38,40H2,1-14H3,(H,77,94)(H,78,96)(H,80,98)(H,81,97)(H,82,99)(H,83,95)/t44-,46+,55+,56+,58+,59+,62+,63+,65+,66-/m1/s1. The van der Waals surface area contributed by atoms with Crippen LogP contribution in [0.5, 0.6) is 0 Å². The maximum Gasteiger partial charge on any atom is 0.246 e. The van der Waals surface area contributed by atoms with Gasteiger partial charge in [0.15, 0.2) is 5.82 Å². The summed E-state index contributed by atoms with van der Waals surface area (Å²) >= 11 is 7.97. The molecule has 3 aromatic carbocycles. The number of rotatable bonds is 23. The van der Waals surface area contributed by atoms with Crippen LogP contribution >= 0.6 is 22.9 Å². The molecule has 28 heteroatoms. The zero-order valence-corrected chi connectivity index (χ0v) is 62.9. The number of aliphatic hydroxyl groups excluding tert-OH is 1. The minimum Gasteiger partial charge on any atom is -0.396 e. The lowest BCUT2D eigenvalue weighted by molar-refractivity contribution is -0.145. The van der Waals surface area contributed by atoms with Gasteiger partial charge in [-0.3, -0.25) is 52.6 Å². The Balaban J connectivity index is 0.931. The summed E-state index contributed by atoms with van der Waals surface area (Å²) < 4.78 is 11.7. The molecule has 0 bridgehead atoms. The maximum atomic E-state index is 15.6. The minimum absolute atomic E-state index is 0.0722. The van der Waals surface area contributed by atoms with Crippen LogP contribution in [0.4, 0.5) is 0 Å². The molecule has 552 valence electrons. The Morgan fingerprint density at radius 3 is 2.03 bits per heavy atom. The average molecular weight is 1450 g/mol. The van der Waals surface area contributed by atoms with Gasteiger partial charge in [-0.25, -0.2) is 0 Å². The van der Waals surface area contributed by atoms with E-state index in [2.05, 4.69) is 66.3 Å². The second-order valence-corrected chi connectivity index (χ2v) is 30.0. The first kappa shape index (κ1) is 78.0. The number of para-hydroxylation sites is 1. The normalized spacial score (nSPS) is 21.3. The Morgan fingerprint density at radius 1 is 0.709 bits per heavy atom. The van der Waals surface area contributed by atoms with Crippen LogP contribution in [-0.2, 0) is 62.6 Å². The molecular weight excluding hydrogens is 1350 g/mol. The molecule has 2 aliphatic rings. The Kier molecular flexibility index (Phi) is 26.4. The van der Waals surface area contributed by atoms with Gasteiger partial charge in [0.05, 0.1) is 24.9 Å². The molecule has 10 atom stereocenters. The zero-order valence-electron chi connectivity index (χ0n) is 61.3. The van der Waals surface area contributed by atoms with Crippen LogP contribution in [0, 0.1) is 44.4 Å². The molecule has 1 saturated heterocycles. The summed E-state index contributed by atoms with van der Waals surface area (Å²) in [5.41, 5.74) is 6.37. The molecule has 6 heterocycles. The quantitative estimate of drug-likeness (QED) is 0.0312. The third-order valence-electron chi connectivity index (χ3n) is 19.3. The van der Waals surface area contributed by atoms with Crippen molar-refractivity contribution in [2.24, 2.45) is 28.7 Å². The third-order valence-corrected chi connectivity index (χ3v) is 20.8. The van der Waals surface area contributed by atoms with E-state index in [-0.39, 0.29) is 50.7 Å². The van der Waals surface area contributed by atoms with Crippen molar-refractivity contribution >= 4 is 86.8 Å². The number of benzene rings is 3. The van der Waals surface area contributed by atoms with Crippen molar-refractivity contribution in [3.63, 3.8) is 0 Å². The highest BCUT2D eigenvalue weighted by molar-refractivity contribution is 7.15. The van der Waals surface area contributed by atoms with Gasteiger partial charge in [-0.1, -0.05) is 126 Å². The van der Waals surface area contributed by atoms with Crippen molar-refractivity contribution in [3.8, 4) is 5.00 Å². The second-order valence-electron chi connectivity index (χ2n) is 28.4. The number of ether oxygens (including phenoxy) is 1. The molecule has 26 nitrogen and oxygen atoms in total. The number of nitrogens with one attached hydrogen (secondary N) is 6. The predicted octanol–water partition coefficient (Wildman–Crippen LogP) is 7.19. The fraction of sp³-hybridized carbons (Fsp3) is 0.507. The van der Waals surface area contributed by atoms with Crippen molar-refractivity contribution < 1.29 is 48.2 Å². The first-order valence-electron chi connectivity index (χ1n) is 35.4. The molecule has 0 aliphatic carbocycles. The van der Waals surface area contributed by atoms with Crippen LogP contribution in [0.1, 0.15) is 156 Å². The number of unbranched alkanes of at least 4 members (excludes halogenated alkanes) is 2. The first-order valence-corrected chi connectivity index (χ1v) is 36.6. The third kappa shape index (κ3) is 18.6. The lowest BCUT2D eigenvalue weighted by Gasteiger charge is -2.35. The number of methoxy groups -OCH3 is 1. The summed E-state index contributed by atoms with van der Waals surface area (Å²) in [7, 11) is 4.27. The van der Waals surface area contributed by atoms with Crippen LogP contribution < -0.4 is 31.9 Å². The number of hydrogen-bond donors (Lipinski definition) is 7. The molecule has 0 radical (unpaired) electrons. The van der Waals surface area contributed by atoms with Crippen LogP contribution in [0.3, 0.4) is 0 Å². The van der Waals surface area contributed by atoms with Gasteiger partial charge in [-0.2, -0.15) is 0 Å². The fourth-order valence-corrected chi connectivity index (χ4v) is 14.7. The molecule has 103 heavy (non-hydrogen) atoms. The van der Waals surface area contributed by atoms with Gasteiger partial charge in [-0.15, -0.1) is 26.6 Å². The van der Waals surface area contributed by atoms with E-state index < -0.39 is 114 Å². The summed E-state index contributed by atoms with van der Waals surface area (Å²) in [6.45, 7) is 20.9. The van der Waals surface area contributed by atoms with Crippen LogP contribution in [0.2, 0.25) is 5.02 Å². The van der Waals surface area contributed by atoms with Crippen LogP contribution in [0.15, 0.2) is 96.2 Å². The van der Waals surface area contributed by atoms with Gasteiger partial charge < -0.3 is 56.1 Å². The Labute approximate surface area is 610 Å². The van der Waals surface area contributed by atoms with E-state index in [4.69, 9.17) is 21.3 Å². The molecule has 7 N–H and O–H groups in total. The second kappa shape index (κ2) is 34.9. The van der Waals surface area contributed by atoms with Gasteiger partial charge in [0.25, 0.3) is 0 Å². The molecule has 0 unspecified atom stereocenters. The number of aryl methyl sites for hydroxylation is 3. The van der Waals surface area contributed by atoms with Gasteiger partial charge >= 0.3 is 0 Å². The van der Waals surface area contributed by atoms with Crippen molar-refractivity contribution in [2.75, 3.05) is 34.4 Å². The Hall–Kier alpha value is -9.18. The predicted molar refractivity (Wildman–Crippen MR) is 394 cm³/mol. The molecule has 7 aromatic rings. The molecule has 0 spiro atoms. The van der Waals surface area contributed by atoms with Gasteiger partial charge in [0.2, 0.25) is 47.3 Å². The van der Waals surface area contributed by atoms with E-state index in [9.17, 15) is 33.9 Å². The first-order chi connectivity index (χ1) is 49.1. The Morgan fingerprint density at radius 2 is 1.35 bits per heavy atom. The van der Waals surface area contributed by atoms with Gasteiger partial charge in [0.1, 0.15) is 71.0 Å². The van der Waals surface area contributed by atoms with E-state index in [0.29, 0.717) is 53.0 Å². The van der Waals surface area contributed by atoms with E-state index in [0.717, 1.165) is 56.0 Å². The number of carbonyl (C=O) groups excluding carboxylic acids is 8. The van der Waals surface area contributed by atoms with Crippen molar-refractivity contribution in [1.29, 1.82) is 0 Å². The Bertz CT molecular complexity index is 4200. The summed E-state index contributed by atoms with van der Waals surface area (Å²) in [5, 5.41) is 48.2. The zero-order chi connectivity index (χ0) is 74.7. The van der Waals surface area contributed by atoms with Crippen molar-refractivity contribution in [3.05, 3.63) is 146 Å². The number of amides is 8. The summed E-state index contributed by atoms with van der Waals surface area (Å²) in [4.78, 5) is 127. The SMILES string of the molecule is CO[C@H](c1ccccc1)[C@@H]1NC(=O)[C@H](C)NC(=O)[C@H](C[C@@H](C)CO)N(C)C(=O)[C@H](Cc2cn(Cc3cn(CCCCCNC(=O)C[C@@H]4N=C(c5ccc(Cl)cc5)c5c(sc(C)c5C)-n5c(C)nnc54)nn3)c3ccccc23)NC(=O)[C@H](C(C)C)NC(=O)[C@H](CC(C)C)N(C)C(=O)[C@H](C(C)C)NC1=O. The molecular formula is C75H99ClN16O10S. The van der Waals surface area contributed by atoms with Gasteiger partial charge in [-0.05, 0) is 118 Å². The lowest BCUT2D eigenvalue weighted by atomic mass is 9.96. The number of aliphatic hydroxyl groups is 1. The molecule has 2 aliphatic heterocycles. The highest BCUT2D eigenvalue weighted by atomic mass is 35.5. The van der Waals surface area contributed by atoms with Crippen LogP contribution in [0.25, 0.3) is 15.9 Å². The lowest BCUT2D eigenvalue weighted by Crippen LogP contribution is -2.62. The highest BCUT2D eigenvalue weighted by Gasteiger charge is 2.42. The molecule has 8 amide bonds.